The number of anilines is 3. The highest BCUT2D eigenvalue weighted by atomic mass is 32.1. The van der Waals surface area contributed by atoms with Crippen LogP contribution in [-0.4, -0.2) is 28.0 Å². The Morgan fingerprint density at radius 3 is 2.17 bits per heavy atom. The first kappa shape index (κ1) is 24.9. The van der Waals surface area contributed by atoms with Crippen LogP contribution in [0.5, 0.6) is 5.75 Å². The topological polar surface area (TPSA) is 115 Å². The normalized spacial score (nSPS) is 12.1. The Morgan fingerprint density at radius 2 is 1.56 bits per heavy atom. The Labute approximate surface area is 207 Å². The number of nitrogen functional groups attached to an aromatic ring is 1. The molecule has 1 heterocycles. The molecule has 3 aromatic carbocycles. The molecule has 1 aromatic heterocycles. The zero-order chi connectivity index (χ0) is 25.9. The van der Waals surface area contributed by atoms with Crippen molar-refractivity contribution in [2.24, 2.45) is 0 Å². The number of hydrogen-bond acceptors (Lipinski definition) is 8. The molecular formula is C25H18F3N3O4S. The average molecular weight is 513 g/mol. The van der Waals surface area contributed by atoms with Crippen molar-refractivity contribution >= 4 is 39.5 Å². The number of halogens is 3. The molecule has 0 radical (unpaired) electrons. The van der Waals surface area contributed by atoms with E-state index in [4.69, 9.17) is 5.73 Å². The summed E-state index contributed by atoms with van der Waals surface area (Å²) < 4.78 is 40.7. The van der Waals surface area contributed by atoms with Crippen LogP contribution < -0.4 is 15.8 Å². The predicted molar refractivity (Wildman–Crippen MR) is 129 cm³/mol. The number of nitrogens with two attached hydrogens (primary N) is 1. The maximum atomic E-state index is 13.0. The lowest BCUT2D eigenvalue weighted by Gasteiger charge is -2.10. The van der Waals surface area contributed by atoms with E-state index in [1.807, 2.05) is 0 Å². The summed E-state index contributed by atoms with van der Waals surface area (Å²) in [6.45, 7) is 0. The number of hydrogen-bond donors (Lipinski definition) is 3. The molecule has 0 fully saturated rings. The Hall–Kier alpha value is -4.22. The monoisotopic (exact) mass is 513 g/mol. The lowest BCUT2D eigenvalue weighted by Crippen LogP contribution is -2.16. The van der Waals surface area contributed by atoms with Gasteiger partial charge in [-0.05, 0) is 29.8 Å². The smallest absolute Gasteiger partial charge is 0.406 e. The van der Waals surface area contributed by atoms with Crippen molar-refractivity contribution in [1.29, 1.82) is 0 Å². The number of Topliss-reactive ketones (excluding diaryl/α,β-unsaturated/α-hetero) is 1. The number of ketones is 2. The zero-order valence-corrected chi connectivity index (χ0v) is 19.1. The number of thiazole rings is 1. The number of ether oxygens (including phenoxy) is 1. The van der Waals surface area contributed by atoms with Crippen LogP contribution >= 0.6 is 11.3 Å². The third kappa shape index (κ3) is 5.88. The van der Waals surface area contributed by atoms with E-state index < -0.39 is 24.0 Å². The number of rotatable bonds is 8. The minimum atomic E-state index is -4.79. The minimum Gasteiger partial charge on any atom is -0.406 e. The standard InChI is InChI=1S/C25H18F3N3O4S/c26-25(27,28)35-18-12-10-17(11-13-18)30-24-31-23(29)22(36-24)21(34)16-8-6-15(7-9-16)20(33)19(32)14-4-2-1-3-5-14/h1-13,19,32H,29H2,(H,30,31). The number of carbonyl (C=O) groups is 2. The van der Waals surface area contributed by atoms with Crippen LogP contribution in [0.4, 0.5) is 29.8 Å². The van der Waals surface area contributed by atoms with Crippen molar-refractivity contribution in [1.82, 2.24) is 4.98 Å². The van der Waals surface area contributed by atoms with Crippen molar-refractivity contribution in [2.45, 2.75) is 12.5 Å². The van der Waals surface area contributed by atoms with Gasteiger partial charge in [-0.2, -0.15) is 0 Å². The van der Waals surface area contributed by atoms with Crippen molar-refractivity contribution in [3.05, 3.63) is 100 Å². The maximum Gasteiger partial charge on any atom is 0.573 e. The van der Waals surface area contributed by atoms with E-state index in [2.05, 4.69) is 15.0 Å². The summed E-state index contributed by atoms with van der Waals surface area (Å²) in [5, 5.41) is 13.5. The summed E-state index contributed by atoms with van der Waals surface area (Å²) in [6, 6.07) is 19.3. The molecule has 0 saturated heterocycles. The van der Waals surface area contributed by atoms with E-state index in [1.165, 1.54) is 36.4 Å². The molecule has 36 heavy (non-hydrogen) atoms. The molecule has 4 rings (SSSR count). The van der Waals surface area contributed by atoms with E-state index >= 15 is 0 Å². The Morgan fingerprint density at radius 1 is 0.944 bits per heavy atom. The molecule has 11 heteroatoms. The second-order valence-corrected chi connectivity index (χ2v) is 8.51. The fourth-order valence-corrected chi connectivity index (χ4v) is 4.14. The van der Waals surface area contributed by atoms with Gasteiger partial charge in [0, 0.05) is 16.8 Å². The summed E-state index contributed by atoms with van der Waals surface area (Å²) in [5.74, 6) is -1.32. The third-order valence-corrected chi connectivity index (χ3v) is 5.98. The molecule has 1 unspecified atom stereocenters. The fourth-order valence-electron chi connectivity index (χ4n) is 3.27. The number of carbonyl (C=O) groups excluding carboxylic acids is 2. The summed E-state index contributed by atoms with van der Waals surface area (Å²) in [7, 11) is 0. The van der Waals surface area contributed by atoms with E-state index in [-0.39, 0.29) is 32.7 Å². The number of aromatic nitrogens is 1. The minimum absolute atomic E-state index is 0.0239. The molecular weight excluding hydrogens is 495 g/mol. The molecule has 1 atom stereocenters. The van der Waals surface area contributed by atoms with Gasteiger partial charge in [-0.25, -0.2) is 4.98 Å². The van der Waals surface area contributed by atoms with Gasteiger partial charge in [0.1, 0.15) is 22.5 Å². The van der Waals surface area contributed by atoms with Gasteiger partial charge in [0.2, 0.25) is 5.78 Å². The molecule has 0 spiro atoms. The van der Waals surface area contributed by atoms with Gasteiger partial charge < -0.3 is 20.9 Å². The summed E-state index contributed by atoms with van der Waals surface area (Å²) in [5.41, 5.74) is 7.29. The lowest BCUT2D eigenvalue weighted by atomic mass is 9.98. The number of benzene rings is 3. The highest BCUT2D eigenvalue weighted by Crippen LogP contribution is 2.31. The van der Waals surface area contributed by atoms with Crippen LogP contribution in [0.25, 0.3) is 0 Å². The van der Waals surface area contributed by atoms with Crippen molar-refractivity contribution in [2.75, 3.05) is 11.1 Å². The first-order chi connectivity index (χ1) is 17.1. The largest absolute Gasteiger partial charge is 0.573 e. The Balaban J connectivity index is 1.45. The molecule has 0 saturated carbocycles. The zero-order valence-electron chi connectivity index (χ0n) is 18.3. The van der Waals surface area contributed by atoms with Gasteiger partial charge in [-0.3, -0.25) is 9.59 Å². The Kier molecular flexibility index (Phi) is 7.04. The third-order valence-electron chi connectivity index (χ3n) is 4.99. The first-order valence-electron chi connectivity index (χ1n) is 10.4. The van der Waals surface area contributed by atoms with E-state index in [0.29, 0.717) is 11.3 Å². The van der Waals surface area contributed by atoms with Crippen molar-refractivity contribution < 1.29 is 32.6 Å². The van der Waals surface area contributed by atoms with E-state index in [0.717, 1.165) is 23.5 Å². The molecule has 0 aliphatic carbocycles. The van der Waals surface area contributed by atoms with Crippen LogP contribution in [0.2, 0.25) is 0 Å². The number of aliphatic hydroxyl groups is 1. The van der Waals surface area contributed by atoms with Crippen molar-refractivity contribution in [3.8, 4) is 5.75 Å². The second-order valence-electron chi connectivity index (χ2n) is 7.51. The lowest BCUT2D eigenvalue weighted by molar-refractivity contribution is -0.274. The summed E-state index contributed by atoms with van der Waals surface area (Å²) in [4.78, 5) is 29.8. The van der Waals surface area contributed by atoms with Crippen LogP contribution in [0.3, 0.4) is 0 Å². The summed E-state index contributed by atoms with van der Waals surface area (Å²) >= 11 is 0.969. The molecule has 4 aromatic rings. The molecule has 0 bridgehead atoms. The molecule has 0 aliphatic rings. The van der Waals surface area contributed by atoms with Gasteiger partial charge in [0.25, 0.3) is 0 Å². The second kappa shape index (κ2) is 10.2. The average Bonchev–Trinajstić information content (AvgIpc) is 3.23. The SMILES string of the molecule is Nc1nc(Nc2ccc(OC(F)(F)F)cc2)sc1C(=O)c1ccc(C(=O)C(O)c2ccccc2)cc1. The van der Waals surface area contributed by atoms with Gasteiger partial charge in [-0.1, -0.05) is 65.9 Å². The molecule has 0 amide bonds. The van der Waals surface area contributed by atoms with Gasteiger partial charge in [-0.15, -0.1) is 13.2 Å². The molecule has 7 nitrogen and oxygen atoms in total. The predicted octanol–water partition coefficient (Wildman–Crippen LogP) is 5.51. The fraction of sp³-hybridized carbons (Fsp3) is 0.0800. The van der Waals surface area contributed by atoms with Gasteiger partial charge in [0.15, 0.2) is 10.9 Å². The quantitative estimate of drug-likeness (QED) is 0.266. The number of nitrogens with one attached hydrogen (secondary N) is 1. The number of nitrogens with zero attached hydrogens (tertiary/aromatic N) is 1. The highest BCUT2D eigenvalue weighted by molar-refractivity contribution is 7.18. The van der Waals surface area contributed by atoms with Gasteiger partial charge >= 0.3 is 6.36 Å². The van der Waals surface area contributed by atoms with Gasteiger partial charge in [0.05, 0.1) is 0 Å². The number of alkyl halides is 3. The highest BCUT2D eigenvalue weighted by Gasteiger charge is 2.31. The molecule has 4 N–H and O–H groups in total. The van der Waals surface area contributed by atoms with Crippen LogP contribution in [-0.2, 0) is 0 Å². The maximum absolute atomic E-state index is 13.0. The number of aliphatic hydroxyl groups excluding tert-OH is 1. The molecule has 184 valence electrons. The van der Waals surface area contributed by atoms with E-state index in [1.54, 1.807) is 30.3 Å². The van der Waals surface area contributed by atoms with Crippen LogP contribution in [0, 0.1) is 0 Å². The first-order valence-corrected chi connectivity index (χ1v) is 11.2. The Bertz CT molecular complexity index is 1370. The van der Waals surface area contributed by atoms with Crippen LogP contribution in [0.15, 0.2) is 78.9 Å². The van der Waals surface area contributed by atoms with Crippen LogP contribution in [0.1, 0.15) is 37.3 Å². The van der Waals surface area contributed by atoms with E-state index in [9.17, 15) is 27.9 Å². The van der Waals surface area contributed by atoms with Crippen molar-refractivity contribution in [3.63, 3.8) is 0 Å². The summed E-state index contributed by atoms with van der Waals surface area (Å²) in [6.07, 6.45) is -6.12. The molecule has 0 aliphatic heterocycles.